The largest absolute Gasteiger partial charge is 0.374 e. The molecule has 2 fully saturated rings. The average molecular weight is 303 g/mol. The predicted molar refractivity (Wildman–Crippen MR) is 77.4 cm³/mol. The van der Waals surface area contributed by atoms with Crippen molar-refractivity contribution in [3.8, 4) is 0 Å². The van der Waals surface area contributed by atoms with Gasteiger partial charge in [-0.3, -0.25) is 0 Å². The number of rotatable bonds is 2. The smallest absolute Gasteiger partial charge is 0.248 e. The van der Waals surface area contributed by atoms with E-state index in [1.54, 1.807) is 0 Å². The van der Waals surface area contributed by atoms with Gasteiger partial charge in [0.05, 0.1) is 18.1 Å². The Labute approximate surface area is 126 Å². The summed E-state index contributed by atoms with van der Waals surface area (Å²) in [6.07, 6.45) is 5.18. The molecule has 1 N–H and O–H groups in total. The van der Waals surface area contributed by atoms with E-state index < -0.39 is 0 Å². The number of thiophene rings is 1. The fourth-order valence-corrected chi connectivity index (χ4v) is 4.82. The minimum Gasteiger partial charge on any atom is -0.374 e. The Kier molecular flexibility index (Phi) is 2.71. The molecule has 110 valence electrons. The Hall–Kier alpha value is -1.24. The summed E-state index contributed by atoms with van der Waals surface area (Å²) in [4.78, 5) is 6.13. The molecule has 4 atom stereocenters. The van der Waals surface area contributed by atoms with Crippen LogP contribution < -0.4 is 5.32 Å². The van der Waals surface area contributed by atoms with Gasteiger partial charge in [0.1, 0.15) is 6.04 Å². The molecule has 0 aromatic carbocycles. The van der Waals surface area contributed by atoms with Crippen molar-refractivity contribution in [1.29, 1.82) is 0 Å². The summed E-state index contributed by atoms with van der Waals surface area (Å²) in [5.74, 6) is 1.86. The fraction of sp³-hybridized carbons (Fsp3) is 0.600. The maximum Gasteiger partial charge on any atom is 0.248 e. The summed E-state index contributed by atoms with van der Waals surface area (Å²) in [6, 6.07) is 2.22. The van der Waals surface area contributed by atoms with E-state index >= 15 is 0 Å². The van der Waals surface area contributed by atoms with Gasteiger partial charge in [-0.1, -0.05) is 5.16 Å². The van der Waals surface area contributed by atoms with Crippen LogP contribution in [0.5, 0.6) is 0 Å². The van der Waals surface area contributed by atoms with Crippen molar-refractivity contribution >= 4 is 11.3 Å². The number of aromatic nitrogens is 2. The zero-order valence-electron chi connectivity index (χ0n) is 11.6. The Bertz CT molecular complexity index is 667. The molecule has 0 saturated carbocycles. The van der Waals surface area contributed by atoms with Crippen LogP contribution in [0.3, 0.4) is 0 Å². The molecule has 3 aliphatic heterocycles. The van der Waals surface area contributed by atoms with Crippen LogP contribution in [0.2, 0.25) is 0 Å². The molecule has 2 aromatic rings. The highest BCUT2D eigenvalue weighted by atomic mass is 32.1. The number of fused-ring (bicyclic) bond motifs is 3. The lowest BCUT2D eigenvalue weighted by molar-refractivity contribution is 0.0996. The summed E-state index contributed by atoms with van der Waals surface area (Å²) in [6.45, 7) is 0.965. The Morgan fingerprint density at radius 1 is 1.33 bits per heavy atom. The fourth-order valence-electron chi connectivity index (χ4n) is 3.90. The van der Waals surface area contributed by atoms with Crippen molar-refractivity contribution in [2.24, 2.45) is 0 Å². The van der Waals surface area contributed by atoms with Crippen LogP contribution in [-0.2, 0) is 11.2 Å². The molecule has 0 amide bonds. The van der Waals surface area contributed by atoms with Gasteiger partial charge >= 0.3 is 0 Å². The number of nitrogens with zero attached hydrogens (tertiary/aromatic N) is 2. The number of hydrogen-bond acceptors (Lipinski definition) is 6. The van der Waals surface area contributed by atoms with Gasteiger partial charge in [-0.2, -0.15) is 4.98 Å². The Morgan fingerprint density at radius 3 is 3.19 bits per heavy atom. The van der Waals surface area contributed by atoms with E-state index in [1.807, 2.05) is 11.3 Å². The van der Waals surface area contributed by atoms with Crippen LogP contribution in [0.4, 0.5) is 0 Å². The highest BCUT2D eigenvalue weighted by Gasteiger charge is 2.44. The van der Waals surface area contributed by atoms with Crippen LogP contribution in [0.15, 0.2) is 16.0 Å². The van der Waals surface area contributed by atoms with Gasteiger partial charge in [-0.25, -0.2) is 0 Å². The molecular formula is C15H17N3O2S. The third-order valence-corrected chi connectivity index (χ3v) is 5.93. The van der Waals surface area contributed by atoms with E-state index in [-0.39, 0.29) is 6.04 Å². The first-order chi connectivity index (χ1) is 10.4. The standard InChI is InChI=1S/C15H17N3O2S/c1-2-11-10(7-8(1)19-11)14-17-15(20-18-14)13-9-4-6-21-12(9)3-5-16-13/h4,6,8,10-11,13,16H,1-3,5,7H2. The minimum atomic E-state index is 0.0563. The Balaban J connectivity index is 1.45. The lowest BCUT2D eigenvalue weighted by Crippen LogP contribution is -2.29. The van der Waals surface area contributed by atoms with Crippen LogP contribution in [-0.4, -0.2) is 28.9 Å². The highest BCUT2D eigenvalue weighted by Crippen LogP contribution is 2.43. The van der Waals surface area contributed by atoms with Gasteiger partial charge in [0.15, 0.2) is 5.82 Å². The van der Waals surface area contributed by atoms with Gasteiger partial charge < -0.3 is 14.6 Å². The van der Waals surface area contributed by atoms with Crippen LogP contribution >= 0.6 is 11.3 Å². The summed E-state index contributed by atoms with van der Waals surface area (Å²) in [5.41, 5.74) is 1.30. The highest BCUT2D eigenvalue weighted by molar-refractivity contribution is 7.10. The zero-order valence-corrected chi connectivity index (χ0v) is 12.4. The van der Waals surface area contributed by atoms with E-state index in [9.17, 15) is 0 Å². The third kappa shape index (κ3) is 1.89. The molecule has 0 spiro atoms. The second-order valence-electron chi connectivity index (χ2n) is 6.14. The molecule has 21 heavy (non-hydrogen) atoms. The lowest BCUT2D eigenvalue weighted by Gasteiger charge is -2.20. The normalized spacial score (nSPS) is 34.3. The first-order valence-electron chi connectivity index (χ1n) is 7.67. The molecule has 2 aromatic heterocycles. The first-order valence-corrected chi connectivity index (χ1v) is 8.55. The van der Waals surface area contributed by atoms with Crippen molar-refractivity contribution in [1.82, 2.24) is 15.5 Å². The van der Waals surface area contributed by atoms with E-state index in [0.29, 0.717) is 24.0 Å². The van der Waals surface area contributed by atoms with Crippen LogP contribution in [0.25, 0.3) is 0 Å². The Morgan fingerprint density at radius 2 is 2.33 bits per heavy atom. The van der Waals surface area contributed by atoms with Crippen molar-refractivity contribution < 1.29 is 9.26 Å². The third-order valence-electron chi connectivity index (χ3n) is 4.93. The molecule has 0 aliphatic carbocycles. The molecule has 0 radical (unpaired) electrons. The van der Waals surface area contributed by atoms with Crippen LogP contribution in [0, 0.1) is 0 Å². The molecule has 2 bridgehead atoms. The van der Waals surface area contributed by atoms with E-state index in [4.69, 9.17) is 14.2 Å². The number of nitrogens with one attached hydrogen (secondary N) is 1. The van der Waals surface area contributed by atoms with Gasteiger partial charge in [0, 0.05) is 11.4 Å². The molecule has 4 unspecified atom stereocenters. The average Bonchev–Trinajstić information content (AvgIpc) is 3.27. The van der Waals surface area contributed by atoms with Crippen molar-refractivity contribution in [3.05, 3.63) is 33.6 Å². The summed E-state index contributed by atoms with van der Waals surface area (Å²) >= 11 is 1.82. The van der Waals surface area contributed by atoms with E-state index in [0.717, 1.165) is 31.6 Å². The monoisotopic (exact) mass is 303 g/mol. The van der Waals surface area contributed by atoms with Gasteiger partial charge in [0.2, 0.25) is 5.89 Å². The second-order valence-corrected chi connectivity index (χ2v) is 7.14. The second kappa shape index (κ2) is 4.63. The summed E-state index contributed by atoms with van der Waals surface area (Å²) in [7, 11) is 0. The minimum absolute atomic E-state index is 0.0563. The molecule has 6 heteroatoms. The van der Waals surface area contributed by atoms with E-state index in [1.165, 1.54) is 16.9 Å². The topological polar surface area (TPSA) is 60.2 Å². The SMILES string of the molecule is c1cc2c(s1)CCNC2c1nc(C2CC3CCC2O3)no1. The molecule has 3 aliphatic rings. The zero-order chi connectivity index (χ0) is 13.8. The molecule has 5 heterocycles. The predicted octanol–water partition coefficient (Wildman–Crippen LogP) is 2.40. The maximum atomic E-state index is 5.90. The van der Waals surface area contributed by atoms with Gasteiger partial charge in [-0.05, 0) is 42.7 Å². The summed E-state index contributed by atoms with van der Waals surface area (Å²) < 4.78 is 11.5. The molecule has 5 nitrogen and oxygen atoms in total. The van der Waals surface area contributed by atoms with Crippen molar-refractivity contribution in [3.63, 3.8) is 0 Å². The lowest BCUT2D eigenvalue weighted by atomic mass is 9.89. The molecule has 5 rings (SSSR count). The van der Waals surface area contributed by atoms with Gasteiger partial charge in [0.25, 0.3) is 0 Å². The van der Waals surface area contributed by atoms with Crippen molar-refractivity contribution in [2.45, 2.75) is 49.9 Å². The molecular weight excluding hydrogens is 286 g/mol. The molecule has 2 saturated heterocycles. The number of ether oxygens (including phenoxy) is 1. The number of hydrogen-bond donors (Lipinski definition) is 1. The van der Waals surface area contributed by atoms with Crippen LogP contribution in [0.1, 0.15) is 53.4 Å². The van der Waals surface area contributed by atoms with Crippen molar-refractivity contribution in [2.75, 3.05) is 6.54 Å². The maximum absolute atomic E-state index is 5.90. The van der Waals surface area contributed by atoms with E-state index in [2.05, 4.69) is 21.9 Å². The van der Waals surface area contributed by atoms with Gasteiger partial charge in [-0.15, -0.1) is 11.3 Å². The quantitative estimate of drug-likeness (QED) is 0.923. The summed E-state index contributed by atoms with van der Waals surface area (Å²) in [5, 5.41) is 9.89. The first kappa shape index (κ1) is 12.3.